The standard InChI is InChI=1S/C11H16N2O/c1-13-11(8-14)10(7-12-13)9-5-3-2-4-6-9/h7-9H,2-6H2,1H3. The van der Waals surface area contributed by atoms with Crippen LogP contribution in [0.3, 0.4) is 0 Å². The van der Waals surface area contributed by atoms with E-state index in [0.717, 1.165) is 17.5 Å². The molecule has 3 nitrogen and oxygen atoms in total. The van der Waals surface area contributed by atoms with Crippen molar-refractivity contribution in [1.29, 1.82) is 0 Å². The van der Waals surface area contributed by atoms with Crippen LogP contribution in [0, 0.1) is 0 Å². The van der Waals surface area contributed by atoms with E-state index in [2.05, 4.69) is 5.10 Å². The van der Waals surface area contributed by atoms with Crippen LogP contribution in [0.25, 0.3) is 0 Å². The zero-order valence-electron chi connectivity index (χ0n) is 8.57. The third-order valence-corrected chi connectivity index (χ3v) is 3.17. The van der Waals surface area contributed by atoms with Gasteiger partial charge in [0.05, 0.1) is 6.20 Å². The molecule has 0 radical (unpaired) electrons. The molecule has 3 heteroatoms. The van der Waals surface area contributed by atoms with Gasteiger partial charge in [0.25, 0.3) is 0 Å². The summed E-state index contributed by atoms with van der Waals surface area (Å²) in [5.74, 6) is 0.567. The molecule has 1 fully saturated rings. The molecular weight excluding hydrogens is 176 g/mol. The van der Waals surface area contributed by atoms with Crippen LogP contribution in [0.15, 0.2) is 6.20 Å². The minimum Gasteiger partial charge on any atom is -0.296 e. The van der Waals surface area contributed by atoms with Crippen molar-refractivity contribution in [3.05, 3.63) is 17.5 Å². The average molecular weight is 192 g/mol. The highest BCUT2D eigenvalue weighted by Gasteiger charge is 2.20. The van der Waals surface area contributed by atoms with E-state index in [-0.39, 0.29) is 0 Å². The quantitative estimate of drug-likeness (QED) is 0.674. The fraction of sp³-hybridized carbons (Fsp3) is 0.636. The van der Waals surface area contributed by atoms with Gasteiger partial charge in [-0.3, -0.25) is 9.48 Å². The van der Waals surface area contributed by atoms with Crippen LogP contribution < -0.4 is 0 Å². The molecule has 0 atom stereocenters. The van der Waals surface area contributed by atoms with Gasteiger partial charge in [-0.15, -0.1) is 0 Å². The van der Waals surface area contributed by atoms with E-state index < -0.39 is 0 Å². The molecule has 76 valence electrons. The van der Waals surface area contributed by atoms with E-state index in [0.29, 0.717) is 5.92 Å². The summed E-state index contributed by atoms with van der Waals surface area (Å²) >= 11 is 0. The minimum absolute atomic E-state index is 0.567. The SMILES string of the molecule is Cn1ncc(C2CCCCC2)c1C=O. The zero-order valence-corrected chi connectivity index (χ0v) is 8.57. The van der Waals surface area contributed by atoms with Crippen LogP contribution in [0.1, 0.15) is 54.1 Å². The van der Waals surface area contributed by atoms with Crippen molar-refractivity contribution in [2.45, 2.75) is 38.0 Å². The Hall–Kier alpha value is -1.12. The van der Waals surface area contributed by atoms with Gasteiger partial charge in [0, 0.05) is 12.6 Å². The topological polar surface area (TPSA) is 34.9 Å². The lowest BCUT2D eigenvalue weighted by molar-refractivity contribution is 0.111. The predicted octanol–water partition coefficient (Wildman–Crippen LogP) is 2.28. The third kappa shape index (κ3) is 1.59. The molecule has 0 aliphatic heterocycles. The van der Waals surface area contributed by atoms with E-state index in [9.17, 15) is 4.79 Å². The Kier molecular flexibility index (Phi) is 2.66. The summed E-state index contributed by atoms with van der Waals surface area (Å²) in [4.78, 5) is 10.9. The molecule has 0 unspecified atom stereocenters. The highest BCUT2D eigenvalue weighted by atomic mass is 16.1. The van der Waals surface area contributed by atoms with Crippen LogP contribution in [0.4, 0.5) is 0 Å². The smallest absolute Gasteiger partial charge is 0.168 e. The lowest BCUT2D eigenvalue weighted by atomic mass is 9.84. The maximum absolute atomic E-state index is 10.9. The molecule has 1 saturated carbocycles. The van der Waals surface area contributed by atoms with Crippen molar-refractivity contribution in [3.63, 3.8) is 0 Å². The Balaban J connectivity index is 2.25. The van der Waals surface area contributed by atoms with Crippen LogP contribution in [0.2, 0.25) is 0 Å². The lowest BCUT2D eigenvalue weighted by Gasteiger charge is -2.20. The maximum Gasteiger partial charge on any atom is 0.168 e. The largest absolute Gasteiger partial charge is 0.296 e. The summed E-state index contributed by atoms with van der Waals surface area (Å²) in [7, 11) is 1.83. The van der Waals surface area contributed by atoms with Crippen molar-refractivity contribution in [1.82, 2.24) is 9.78 Å². The second-order valence-corrected chi connectivity index (χ2v) is 4.06. The molecule has 1 aliphatic rings. The van der Waals surface area contributed by atoms with E-state index >= 15 is 0 Å². The molecule has 2 rings (SSSR count). The second-order valence-electron chi connectivity index (χ2n) is 4.06. The summed E-state index contributed by atoms with van der Waals surface area (Å²) in [6, 6.07) is 0. The third-order valence-electron chi connectivity index (χ3n) is 3.17. The maximum atomic E-state index is 10.9. The summed E-state index contributed by atoms with van der Waals surface area (Å²) in [5, 5.41) is 4.15. The summed E-state index contributed by atoms with van der Waals surface area (Å²) in [5.41, 5.74) is 1.92. The number of nitrogens with zero attached hydrogens (tertiary/aromatic N) is 2. The number of carbonyl (C=O) groups is 1. The first kappa shape index (κ1) is 9.44. The molecule has 1 heterocycles. The molecule has 0 N–H and O–H groups in total. The van der Waals surface area contributed by atoms with Crippen molar-refractivity contribution < 1.29 is 4.79 Å². The Morgan fingerprint density at radius 1 is 1.43 bits per heavy atom. The molecule has 0 amide bonds. The number of aldehydes is 1. The molecule has 1 aromatic heterocycles. The molecule has 0 saturated heterocycles. The first-order valence-corrected chi connectivity index (χ1v) is 5.30. The zero-order chi connectivity index (χ0) is 9.97. The van der Waals surface area contributed by atoms with E-state index in [4.69, 9.17) is 0 Å². The van der Waals surface area contributed by atoms with Crippen molar-refractivity contribution in [2.75, 3.05) is 0 Å². The average Bonchev–Trinajstić information content (AvgIpc) is 2.61. The summed E-state index contributed by atoms with van der Waals surface area (Å²) in [6.45, 7) is 0. The van der Waals surface area contributed by atoms with E-state index in [1.165, 1.54) is 32.1 Å². The van der Waals surface area contributed by atoms with Gasteiger partial charge in [0.15, 0.2) is 6.29 Å². The van der Waals surface area contributed by atoms with Crippen LogP contribution in [-0.2, 0) is 7.05 Å². The molecule has 1 aliphatic carbocycles. The molecule has 14 heavy (non-hydrogen) atoms. The molecule has 0 spiro atoms. The molecule has 1 aromatic rings. The monoisotopic (exact) mass is 192 g/mol. The minimum atomic E-state index is 0.567. The fourth-order valence-electron chi connectivity index (χ4n) is 2.34. The number of aromatic nitrogens is 2. The first-order valence-electron chi connectivity index (χ1n) is 5.30. The first-order chi connectivity index (χ1) is 6.83. The Labute approximate surface area is 84.1 Å². The molecule has 0 bridgehead atoms. The van der Waals surface area contributed by atoms with Gasteiger partial charge >= 0.3 is 0 Å². The van der Waals surface area contributed by atoms with Gasteiger partial charge in [0.1, 0.15) is 5.69 Å². The normalized spacial score (nSPS) is 18.4. The fourth-order valence-corrected chi connectivity index (χ4v) is 2.34. The summed E-state index contributed by atoms with van der Waals surface area (Å²) < 4.78 is 1.68. The number of rotatable bonds is 2. The Bertz CT molecular complexity index is 324. The Morgan fingerprint density at radius 3 is 2.79 bits per heavy atom. The predicted molar refractivity (Wildman–Crippen MR) is 54.4 cm³/mol. The molecular formula is C11H16N2O. The van der Waals surface area contributed by atoms with E-state index in [1.807, 2.05) is 13.2 Å². The van der Waals surface area contributed by atoms with Gasteiger partial charge in [-0.2, -0.15) is 5.10 Å². The van der Waals surface area contributed by atoms with Crippen molar-refractivity contribution >= 4 is 6.29 Å². The number of hydrogen-bond acceptors (Lipinski definition) is 2. The Morgan fingerprint density at radius 2 is 2.14 bits per heavy atom. The van der Waals surface area contributed by atoms with Crippen LogP contribution in [0.5, 0.6) is 0 Å². The summed E-state index contributed by atoms with van der Waals surface area (Å²) in [6.07, 6.45) is 9.14. The second kappa shape index (κ2) is 3.95. The number of hydrogen-bond donors (Lipinski definition) is 0. The highest BCUT2D eigenvalue weighted by Crippen LogP contribution is 2.33. The van der Waals surface area contributed by atoms with Gasteiger partial charge < -0.3 is 0 Å². The van der Waals surface area contributed by atoms with Gasteiger partial charge in [-0.05, 0) is 18.8 Å². The van der Waals surface area contributed by atoms with Gasteiger partial charge in [-0.25, -0.2) is 0 Å². The van der Waals surface area contributed by atoms with Gasteiger partial charge in [-0.1, -0.05) is 19.3 Å². The lowest BCUT2D eigenvalue weighted by Crippen LogP contribution is -2.07. The van der Waals surface area contributed by atoms with Crippen LogP contribution in [-0.4, -0.2) is 16.1 Å². The van der Waals surface area contributed by atoms with Crippen molar-refractivity contribution in [2.24, 2.45) is 7.05 Å². The van der Waals surface area contributed by atoms with Crippen LogP contribution >= 0.6 is 0 Å². The number of carbonyl (C=O) groups excluding carboxylic acids is 1. The van der Waals surface area contributed by atoms with E-state index in [1.54, 1.807) is 4.68 Å². The molecule has 0 aromatic carbocycles. The van der Waals surface area contributed by atoms with Crippen molar-refractivity contribution in [3.8, 4) is 0 Å². The van der Waals surface area contributed by atoms with Gasteiger partial charge in [0.2, 0.25) is 0 Å². The number of aryl methyl sites for hydroxylation is 1. The highest BCUT2D eigenvalue weighted by molar-refractivity contribution is 5.74.